The summed E-state index contributed by atoms with van der Waals surface area (Å²) in [6, 6.07) is 6.17. The summed E-state index contributed by atoms with van der Waals surface area (Å²) in [4.78, 5) is 11.6. The molecule has 0 aliphatic rings. The van der Waals surface area contributed by atoms with Gasteiger partial charge in [-0.15, -0.1) is 0 Å². The third kappa shape index (κ3) is 3.82. The number of ketones is 1. The largest absolute Gasteiger partial charge is 0.294 e. The topological polar surface area (TPSA) is 17.1 Å². The number of carbonyl (C=O) groups is 1. The molecule has 1 aromatic carbocycles. The van der Waals surface area contributed by atoms with E-state index in [1.165, 1.54) is 6.07 Å². The molecule has 0 atom stereocenters. The zero-order chi connectivity index (χ0) is 11.3. The van der Waals surface area contributed by atoms with Gasteiger partial charge in [-0.3, -0.25) is 4.79 Å². The molecule has 0 aliphatic carbocycles. The smallest absolute Gasteiger partial charge is 0.165 e. The van der Waals surface area contributed by atoms with E-state index in [2.05, 4.69) is 13.8 Å². The van der Waals surface area contributed by atoms with Crippen molar-refractivity contribution in [2.24, 2.45) is 5.92 Å². The van der Waals surface area contributed by atoms with E-state index in [1.807, 2.05) is 0 Å². The summed E-state index contributed by atoms with van der Waals surface area (Å²) in [6.07, 6.45) is 2.30. The van der Waals surface area contributed by atoms with Gasteiger partial charge in [0.05, 0.1) is 5.56 Å². The molecule has 0 fully saturated rings. The molecule has 15 heavy (non-hydrogen) atoms. The van der Waals surface area contributed by atoms with E-state index in [-0.39, 0.29) is 11.3 Å². The van der Waals surface area contributed by atoms with Crippen LogP contribution in [0.2, 0.25) is 0 Å². The van der Waals surface area contributed by atoms with Crippen LogP contribution in [0.4, 0.5) is 4.39 Å². The molecule has 0 unspecified atom stereocenters. The number of rotatable bonds is 5. The van der Waals surface area contributed by atoms with Crippen LogP contribution in [0.3, 0.4) is 0 Å². The van der Waals surface area contributed by atoms with E-state index in [0.29, 0.717) is 12.3 Å². The van der Waals surface area contributed by atoms with Crippen LogP contribution in [0.5, 0.6) is 0 Å². The third-order valence-electron chi connectivity index (χ3n) is 2.36. The SMILES string of the molecule is CC(C)CCCC(=O)c1ccccc1F. The first kappa shape index (κ1) is 11.9. The first-order chi connectivity index (χ1) is 7.11. The maximum atomic E-state index is 13.2. The van der Waals surface area contributed by atoms with Crippen LogP contribution in [0.25, 0.3) is 0 Å². The minimum atomic E-state index is -0.410. The summed E-state index contributed by atoms with van der Waals surface area (Å²) in [5.74, 6) is 0.0965. The van der Waals surface area contributed by atoms with Crippen LogP contribution >= 0.6 is 0 Å². The molecule has 0 amide bonds. The highest BCUT2D eigenvalue weighted by Crippen LogP contribution is 2.13. The van der Waals surface area contributed by atoms with Gasteiger partial charge in [0.15, 0.2) is 5.78 Å². The predicted octanol–water partition coefficient (Wildman–Crippen LogP) is 3.83. The van der Waals surface area contributed by atoms with Crippen molar-refractivity contribution in [1.29, 1.82) is 0 Å². The molecule has 2 heteroatoms. The van der Waals surface area contributed by atoms with Crippen molar-refractivity contribution in [2.45, 2.75) is 33.1 Å². The van der Waals surface area contributed by atoms with E-state index in [0.717, 1.165) is 12.8 Å². The Hall–Kier alpha value is -1.18. The van der Waals surface area contributed by atoms with Crippen molar-refractivity contribution in [3.05, 3.63) is 35.6 Å². The number of carbonyl (C=O) groups excluding carboxylic acids is 1. The molecule has 0 aromatic heterocycles. The molecule has 0 heterocycles. The van der Waals surface area contributed by atoms with E-state index in [1.54, 1.807) is 18.2 Å². The Kier molecular flexibility index (Phi) is 4.47. The lowest BCUT2D eigenvalue weighted by atomic mass is 10.0. The lowest BCUT2D eigenvalue weighted by Gasteiger charge is -2.04. The molecule has 0 bridgehead atoms. The molecule has 82 valence electrons. The van der Waals surface area contributed by atoms with Gasteiger partial charge in [-0.25, -0.2) is 4.39 Å². The van der Waals surface area contributed by atoms with Crippen molar-refractivity contribution in [3.63, 3.8) is 0 Å². The quantitative estimate of drug-likeness (QED) is 0.672. The molecular formula is C13H17FO. The predicted molar refractivity (Wildman–Crippen MR) is 59.4 cm³/mol. The van der Waals surface area contributed by atoms with Gasteiger partial charge in [0, 0.05) is 6.42 Å². The van der Waals surface area contributed by atoms with Gasteiger partial charge in [-0.05, 0) is 24.5 Å². The monoisotopic (exact) mass is 208 g/mol. The molecule has 1 aromatic rings. The lowest BCUT2D eigenvalue weighted by molar-refractivity contribution is 0.0974. The number of benzene rings is 1. The molecule has 0 radical (unpaired) electrons. The van der Waals surface area contributed by atoms with E-state index < -0.39 is 5.82 Å². The van der Waals surface area contributed by atoms with Crippen molar-refractivity contribution >= 4 is 5.78 Å². The van der Waals surface area contributed by atoms with Gasteiger partial charge < -0.3 is 0 Å². The molecule has 0 saturated heterocycles. The normalized spacial score (nSPS) is 10.7. The minimum absolute atomic E-state index is 0.0891. The van der Waals surface area contributed by atoms with Crippen LogP contribution in [-0.4, -0.2) is 5.78 Å². The summed E-state index contributed by atoms with van der Waals surface area (Å²) < 4.78 is 13.2. The fourth-order valence-electron chi connectivity index (χ4n) is 1.49. The standard InChI is InChI=1S/C13H17FO/c1-10(2)6-5-9-13(15)11-7-3-4-8-12(11)14/h3-4,7-8,10H,5-6,9H2,1-2H3. The Morgan fingerprint density at radius 2 is 2.00 bits per heavy atom. The second-order valence-electron chi connectivity index (χ2n) is 4.19. The highest BCUT2D eigenvalue weighted by Gasteiger charge is 2.10. The van der Waals surface area contributed by atoms with E-state index >= 15 is 0 Å². The van der Waals surface area contributed by atoms with Gasteiger partial charge in [-0.1, -0.05) is 32.4 Å². The maximum Gasteiger partial charge on any atom is 0.165 e. The van der Waals surface area contributed by atoms with Crippen LogP contribution < -0.4 is 0 Å². The van der Waals surface area contributed by atoms with Crippen molar-refractivity contribution in [3.8, 4) is 0 Å². The zero-order valence-corrected chi connectivity index (χ0v) is 9.29. The van der Waals surface area contributed by atoms with E-state index in [9.17, 15) is 9.18 Å². The van der Waals surface area contributed by atoms with Gasteiger partial charge in [0.2, 0.25) is 0 Å². The molecular weight excluding hydrogens is 191 g/mol. The third-order valence-corrected chi connectivity index (χ3v) is 2.36. The van der Waals surface area contributed by atoms with Gasteiger partial charge in [0.25, 0.3) is 0 Å². The number of hydrogen-bond donors (Lipinski definition) is 0. The Bertz CT molecular complexity index is 331. The van der Waals surface area contributed by atoms with Gasteiger partial charge >= 0.3 is 0 Å². The van der Waals surface area contributed by atoms with Crippen molar-refractivity contribution in [2.75, 3.05) is 0 Å². The highest BCUT2D eigenvalue weighted by molar-refractivity contribution is 5.96. The Morgan fingerprint density at radius 3 is 2.60 bits per heavy atom. The fourth-order valence-corrected chi connectivity index (χ4v) is 1.49. The minimum Gasteiger partial charge on any atom is -0.294 e. The number of hydrogen-bond acceptors (Lipinski definition) is 1. The average molecular weight is 208 g/mol. The van der Waals surface area contributed by atoms with Crippen molar-refractivity contribution in [1.82, 2.24) is 0 Å². The van der Waals surface area contributed by atoms with Crippen LogP contribution in [0, 0.1) is 11.7 Å². The Balaban J connectivity index is 2.51. The summed E-state index contributed by atoms with van der Waals surface area (Å²) in [6.45, 7) is 4.24. The Labute approximate surface area is 90.3 Å². The molecule has 0 N–H and O–H groups in total. The summed E-state index contributed by atoms with van der Waals surface area (Å²) in [5, 5.41) is 0. The zero-order valence-electron chi connectivity index (χ0n) is 9.29. The van der Waals surface area contributed by atoms with Gasteiger partial charge in [0.1, 0.15) is 5.82 Å². The summed E-state index contributed by atoms with van der Waals surface area (Å²) >= 11 is 0. The molecule has 0 aliphatic heterocycles. The maximum absolute atomic E-state index is 13.2. The lowest BCUT2D eigenvalue weighted by Crippen LogP contribution is -2.02. The van der Waals surface area contributed by atoms with Crippen LogP contribution in [-0.2, 0) is 0 Å². The molecule has 0 saturated carbocycles. The summed E-state index contributed by atoms with van der Waals surface area (Å²) in [5.41, 5.74) is 0.223. The number of Topliss-reactive ketones (excluding diaryl/α,β-unsaturated/α-hetero) is 1. The number of halogens is 1. The first-order valence-electron chi connectivity index (χ1n) is 5.39. The Morgan fingerprint density at radius 1 is 1.33 bits per heavy atom. The van der Waals surface area contributed by atoms with Gasteiger partial charge in [-0.2, -0.15) is 0 Å². The van der Waals surface area contributed by atoms with Crippen LogP contribution in [0.1, 0.15) is 43.5 Å². The summed E-state index contributed by atoms with van der Waals surface area (Å²) in [7, 11) is 0. The van der Waals surface area contributed by atoms with Crippen LogP contribution in [0.15, 0.2) is 24.3 Å². The second-order valence-corrected chi connectivity index (χ2v) is 4.19. The molecule has 1 nitrogen and oxygen atoms in total. The second kappa shape index (κ2) is 5.64. The molecule has 0 spiro atoms. The van der Waals surface area contributed by atoms with Crippen molar-refractivity contribution < 1.29 is 9.18 Å². The average Bonchev–Trinajstić information content (AvgIpc) is 2.17. The molecule has 1 rings (SSSR count). The highest BCUT2D eigenvalue weighted by atomic mass is 19.1. The fraction of sp³-hybridized carbons (Fsp3) is 0.462. The first-order valence-corrected chi connectivity index (χ1v) is 5.39. The van der Waals surface area contributed by atoms with E-state index in [4.69, 9.17) is 0 Å².